The van der Waals surface area contributed by atoms with Gasteiger partial charge in [-0.15, -0.1) is 0 Å². The SMILES string of the molecule is CCCCC(CP(=O)(OCC)OCC)c1ccc2c(n1)NCCC2=O. The summed E-state index contributed by atoms with van der Waals surface area (Å²) in [5.74, 6) is 0.734. The van der Waals surface area contributed by atoms with Crippen LogP contribution in [0.2, 0.25) is 0 Å². The van der Waals surface area contributed by atoms with E-state index >= 15 is 0 Å². The number of hydrogen-bond acceptors (Lipinski definition) is 6. The van der Waals surface area contributed by atoms with E-state index in [9.17, 15) is 9.36 Å². The highest BCUT2D eigenvalue weighted by Gasteiger charge is 2.30. The summed E-state index contributed by atoms with van der Waals surface area (Å²) in [6, 6.07) is 3.71. The van der Waals surface area contributed by atoms with Gasteiger partial charge >= 0.3 is 7.60 Å². The average molecular weight is 368 g/mol. The van der Waals surface area contributed by atoms with Crippen molar-refractivity contribution in [2.45, 2.75) is 52.4 Å². The first-order valence-corrected chi connectivity index (χ1v) is 10.9. The zero-order valence-corrected chi connectivity index (χ0v) is 16.3. The molecule has 7 heteroatoms. The first kappa shape index (κ1) is 20.1. The van der Waals surface area contributed by atoms with Crippen LogP contribution in [0.25, 0.3) is 0 Å². The number of carbonyl (C=O) groups excluding carboxylic acids is 1. The van der Waals surface area contributed by atoms with Crippen LogP contribution in [0.5, 0.6) is 0 Å². The molecule has 25 heavy (non-hydrogen) atoms. The van der Waals surface area contributed by atoms with Crippen molar-refractivity contribution < 1.29 is 18.4 Å². The first-order chi connectivity index (χ1) is 12.0. The fourth-order valence-electron chi connectivity index (χ4n) is 3.08. The number of nitrogens with one attached hydrogen (secondary N) is 1. The molecule has 0 spiro atoms. The Kier molecular flexibility index (Phi) is 7.60. The van der Waals surface area contributed by atoms with Crippen molar-refractivity contribution in [1.82, 2.24) is 4.98 Å². The molecule has 0 saturated heterocycles. The Labute approximate surface area is 150 Å². The number of rotatable bonds is 10. The molecule has 0 bridgehead atoms. The van der Waals surface area contributed by atoms with Gasteiger partial charge < -0.3 is 14.4 Å². The van der Waals surface area contributed by atoms with Crippen molar-refractivity contribution in [3.8, 4) is 0 Å². The third kappa shape index (κ3) is 5.37. The summed E-state index contributed by atoms with van der Waals surface area (Å²) in [6.07, 6.45) is 3.73. The third-order valence-corrected chi connectivity index (χ3v) is 6.47. The molecule has 1 atom stereocenters. The van der Waals surface area contributed by atoms with Gasteiger partial charge in [0.2, 0.25) is 0 Å². The Morgan fingerprint density at radius 1 is 1.24 bits per heavy atom. The number of hydrogen-bond donors (Lipinski definition) is 1. The van der Waals surface area contributed by atoms with E-state index < -0.39 is 7.60 Å². The van der Waals surface area contributed by atoms with Gasteiger partial charge in [-0.3, -0.25) is 9.36 Å². The molecule has 140 valence electrons. The van der Waals surface area contributed by atoms with Crippen molar-refractivity contribution in [2.75, 3.05) is 31.2 Å². The lowest BCUT2D eigenvalue weighted by Crippen LogP contribution is -2.20. The van der Waals surface area contributed by atoms with Gasteiger partial charge in [-0.05, 0) is 32.4 Å². The second kappa shape index (κ2) is 9.46. The Bertz CT molecular complexity index is 626. The minimum absolute atomic E-state index is 0.0204. The fraction of sp³-hybridized carbons (Fsp3) is 0.667. The summed E-state index contributed by atoms with van der Waals surface area (Å²) in [5, 5.41) is 3.19. The lowest BCUT2D eigenvalue weighted by atomic mass is 9.98. The Balaban J connectivity index is 2.27. The molecule has 1 aliphatic rings. The highest BCUT2D eigenvalue weighted by molar-refractivity contribution is 7.53. The largest absolute Gasteiger partial charge is 0.369 e. The van der Waals surface area contributed by atoms with E-state index in [1.165, 1.54) is 0 Å². The van der Waals surface area contributed by atoms with Crippen LogP contribution in [-0.2, 0) is 13.6 Å². The lowest BCUT2D eigenvalue weighted by Gasteiger charge is -2.24. The van der Waals surface area contributed by atoms with Crippen LogP contribution >= 0.6 is 7.60 Å². The van der Waals surface area contributed by atoms with E-state index in [2.05, 4.69) is 17.2 Å². The number of fused-ring (bicyclic) bond motifs is 1. The second-order valence-corrected chi connectivity index (χ2v) is 8.30. The maximum atomic E-state index is 13.0. The number of aromatic nitrogens is 1. The van der Waals surface area contributed by atoms with Crippen LogP contribution in [0.15, 0.2) is 12.1 Å². The number of Topliss-reactive ketones (excluding diaryl/α,β-unsaturated/α-hetero) is 1. The monoisotopic (exact) mass is 368 g/mol. The summed E-state index contributed by atoms with van der Waals surface area (Å²) < 4.78 is 23.9. The summed E-state index contributed by atoms with van der Waals surface area (Å²) >= 11 is 0. The molecular weight excluding hydrogens is 339 g/mol. The summed E-state index contributed by atoms with van der Waals surface area (Å²) in [7, 11) is -3.15. The maximum Gasteiger partial charge on any atom is 0.331 e. The molecule has 0 saturated carbocycles. The zero-order chi connectivity index (χ0) is 18.3. The Morgan fingerprint density at radius 3 is 2.60 bits per heavy atom. The van der Waals surface area contributed by atoms with Gasteiger partial charge in [0.25, 0.3) is 0 Å². The molecule has 2 rings (SSSR count). The van der Waals surface area contributed by atoms with Crippen molar-refractivity contribution in [3.05, 3.63) is 23.4 Å². The molecule has 0 radical (unpaired) electrons. The molecule has 2 heterocycles. The van der Waals surface area contributed by atoms with Gasteiger partial charge in [-0.1, -0.05) is 19.8 Å². The summed E-state index contributed by atoms with van der Waals surface area (Å²) in [6.45, 7) is 7.08. The van der Waals surface area contributed by atoms with Crippen LogP contribution in [0.4, 0.5) is 5.82 Å². The van der Waals surface area contributed by atoms with E-state index in [0.717, 1.165) is 25.0 Å². The molecule has 0 amide bonds. The molecule has 0 aromatic carbocycles. The van der Waals surface area contributed by atoms with Crippen molar-refractivity contribution in [3.63, 3.8) is 0 Å². The van der Waals surface area contributed by atoms with E-state index in [1.54, 1.807) is 0 Å². The van der Waals surface area contributed by atoms with Gasteiger partial charge in [0.15, 0.2) is 5.78 Å². The molecule has 1 N–H and O–H groups in total. The minimum atomic E-state index is -3.15. The van der Waals surface area contributed by atoms with Gasteiger partial charge in [0, 0.05) is 24.6 Å². The topological polar surface area (TPSA) is 77.5 Å². The zero-order valence-electron chi connectivity index (χ0n) is 15.4. The number of carbonyl (C=O) groups is 1. The quantitative estimate of drug-likeness (QED) is 0.607. The maximum absolute atomic E-state index is 13.0. The molecule has 6 nitrogen and oxygen atoms in total. The first-order valence-electron chi connectivity index (χ1n) is 9.19. The normalized spacial score (nSPS) is 15.6. The van der Waals surface area contributed by atoms with Gasteiger partial charge in [-0.2, -0.15) is 0 Å². The van der Waals surface area contributed by atoms with Gasteiger partial charge in [0.05, 0.1) is 24.9 Å². The molecular formula is C18H29N2O4P. The predicted molar refractivity (Wildman–Crippen MR) is 99.7 cm³/mol. The van der Waals surface area contributed by atoms with Crippen molar-refractivity contribution in [1.29, 1.82) is 0 Å². The van der Waals surface area contributed by atoms with E-state index in [-0.39, 0.29) is 11.7 Å². The van der Waals surface area contributed by atoms with E-state index in [4.69, 9.17) is 9.05 Å². The molecule has 1 aliphatic heterocycles. The molecule has 1 aromatic heterocycles. The average Bonchev–Trinajstić information content (AvgIpc) is 2.59. The van der Waals surface area contributed by atoms with Crippen molar-refractivity contribution >= 4 is 19.2 Å². The highest BCUT2D eigenvalue weighted by atomic mass is 31.2. The van der Waals surface area contributed by atoms with Crippen molar-refractivity contribution in [2.24, 2.45) is 0 Å². The number of unbranched alkanes of at least 4 members (excludes halogenated alkanes) is 1. The number of ketones is 1. The predicted octanol–water partition coefficient (Wildman–Crippen LogP) is 4.62. The number of anilines is 1. The number of pyridine rings is 1. The van der Waals surface area contributed by atoms with Crippen LogP contribution in [0, 0.1) is 0 Å². The third-order valence-electron chi connectivity index (χ3n) is 4.28. The Morgan fingerprint density at radius 2 is 1.96 bits per heavy atom. The smallest absolute Gasteiger partial charge is 0.331 e. The Hall–Kier alpha value is -1.23. The molecule has 1 unspecified atom stereocenters. The van der Waals surface area contributed by atoms with Gasteiger partial charge in [0.1, 0.15) is 5.82 Å². The van der Waals surface area contributed by atoms with Crippen LogP contribution in [0.3, 0.4) is 0 Å². The van der Waals surface area contributed by atoms with Crippen LogP contribution in [0.1, 0.15) is 68.4 Å². The van der Waals surface area contributed by atoms with Crippen LogP contribution in [-0.4, -0.2) is 36.7 Å². The molecule has 0 fully saturated rings. The second-order valence-electron chi connectivity index (χ2n) is 6.20. The number of nitrogens with zero attached hydrogens (tertiary/aromatic N) is 1. The molecule has 1 aromatic rings. The van der Waals surface area contributed by atoms with Crippen LogP contribution < -0.4 is 5.32 Å². The van der Waals surface area contributed by atoms with E-state index in [1.807, 2.05) is 26.0 Å². The minimum Gasteiger partial charge on any atom is -0.369 e. The standard InChI is InChI=1S/C18H29N2O4P/c1-4-7-8-14(13-25(22,23-5-2)24-6-3)16-10-9-15-17(21)11-12-19-18(15)20-16/h9-10,14H,4-8,11-13H2,1-3H3,(H,19,20). The lowest BCUT2D eigenvalue weighted by molar-refractivity contribution is 0.0983. The fourth-order valence-corrected chi connectivity index (χ4v) is 5.06. The van der Waals surface area contributed by atoms with Gasteiger partial charge in [-0.25, -0.2) is 4.98 Å². The summed E-state index contributed by atoms with van der Waals surface area (Å²) in [4.78, 5) is 16.6. The summed E-state index contributed by atoms with van der Waals surface area (Å²) in [5.41, 5.74) is 1.48. The molecule has 0 aliphatic carbocycles. The van der Waals surface area contributed by atoms with E-state index in [0.29, 0.717) is 43.7 Å². The highest BCUT2D eigenvalue weighted by Crippen LogP contribution is 2.52.